The zero-order chi connectivity index (χ0) is 9.41. The van der Waals surface area contributed by atoms with Gasteiger partial charge in [0.1, 0.15) is 0 Å². The first-order chi connectivity index (χ1) is 5.39. The van der Waals surface area contributed by atoms with Crippen molar-refractivity contribution in [1.82, 2.24) is 4.90 Å². The zero-order valence-electron chi connectivity index (χ0n) is 7.33. The van der Waals surface area contributed by atoms with E-state index in [4.69, 9.17) is 10.2 Å². The van der Waals surface area contributed by atoms with Crippen LogP contribution in [0.15, 0.2) is 0 Å². The third-order valence-electron chi connectivity index (χ3n) is 2.23. The lowest BCUT2D eigenvalue weighted by atomic mass is 10.00. The summed E-state index contributed by atoms with van der Waals surface area (Å²) in [6, 6.07) is 0. The van der Waals surface area contributed by atoms with Crippen LogP contribution in [0.25, 0.3) is 0 Å². The van der Waals surface area contributed by atoms with Crippen LogP contribution in [0.1, 0.15) is 13.3 Å². The highest BCUT2D eigenvalue weighted by Gasteiger charge is 2.54. The minimum Gasteiger partial charge on any atom is -0.361 e. The summed E-state index contributed by atoms with van der Waals surface area (Å²) in [6.45, 7) is 2.00. The molecule has 2 N–H and O–H groups in total. The summed E-state index contributed by atoms with van der Waals surface area (Å²) < 4.78 is 25.8. The van der Waals surface area contributed by atoms with Gasteiger partial charge in [-0.15, -0.1) is 12.4 Å². The summed E-state index contributed by atoms with van der Waals surface area (Å²) in [7, 11) is 0. The van der Waals surface area contributed by atoms with Gasteiger partial charge >= 0.3 is 5.92 Å². The summed E-state index contributed by atoms with van der Waals surface area (Å²) in [5, 5.41) is 17.8. The van der Waals surface area contributed by atoms with E-state index < -0.39 is 18.3 Å². The average molecular weight is 218 g/mol. The Balaban J connectivity index is 0.00000144. The number of piperidine rings is 1. The predicted octanol–water partition coefficient (Wildman–Crippen LogP) is 0.450. The molecule has 1 saturated heterocycles. The van der Waals surface area contributed by atoms with E-state index in [9.17, 15) is 8.78 Å². The number of rotatable bonds is 1. The summed E-state index contributed by atoms with van der Waals surface area (Å²) in [5.74, 6) is -6.24. The maximum atomic E-state index is 12.9. The fourth-order valence-electron chi connectivity index (χ4n) is 1.25. The van der Waals surface area contributed by atoms with Crippen molar-refractivity contribution in [2.75, 3.05) is 19.6 Å². The highest BCUT2D eigenvalue weighted by atomic mass is 35.5. The number of halogens is 3. The summed E-state index contributed by atoms with van der Waals surface area (Å²) in [5.41, 5.74) is 0. The van der Waals surface area contributed by atoms with E-state index in [-0.39, 0.29) is 18.8 Å². The van der Waals surface area contributed by atoms with E-state index in [0.717, 1.165) is 0 Å². The van der Waals surface area contributed by atoms with Crippen molar-refractivity contribution in [3.05, 3.63) is 0 Å². The molecule has 1 aliphatic rings. The highest BCUT2D eigenvalue weighted by molar-refractivity contribution is 5.85. The number of alkyl halides is 2. The molecular formula is C7H14ClF2NO2. The molecule has 1 heterocycles. The lowest BCUT2D eigenvalue weighted by molar-refractivity contribution is -0.317. The van der Waals surface area contributed by atoms with Crippen LogP contribution >= 0.6 is 12.4 Å². The zero-order valence-corrected chi connectivity index (χ0v) is 8.15. The number of aliphatic hydroxyl groups is 2. The SMILES string of the molecule is CCN1CCC(O)(O)C(F)(F)C1.Cl. The van der Waals surface area contributed by atoms with Crippen molar-refractivity contribution in [2.24, 2.45) is 0 Å². The normalized spacial score (nSPS) is 26.5. The van der Waals surface area contributed by atoms with E-state index in [2.05, 4.69) is 0 Å². The minimum absolute atomic E-state index is 0. The molecule has 6 heteroatoms. The Labute approximate surface area is 81.8 Å². The molecule has 0 unspecified atom stereocenters. The van der Waals surface area contributed by atoms with Gasteiger partial charge in [0.15, 0.2) is 0 Å². The van der Waals surface area contributed by atoms with Gasteiger partial charge in [-0.3, -0.25) is 4.90 Å². The molecule has 0 atom stereocenters. The fraction of sp³-hybridized carbons (Fsp3) is 1.00. The maximum absolute atomic E-state index is 12.9. The van der Waals surface area contributed by atoms with E-state index in [1.807, 2.05) is 0 Å². The van der Waals surface area contributed by atoms with E-state index in [1.54, 1.807) is 6.92 Å². The molecule has 0 aromatic heterocycles. The lowest BCUT2D eigenvalue weighted by Crippen LogP contribution is -2.60. The molecule has 1 fully saturated rings. The fourth-order valence-corrected chi connectivity index (χ4v) is 1.25. The van der Waals surface area contributed by atoms with Crippen molar-refractivity contribution >= 4 is 12.4 Å². The Bertz CT molecular complexity index is 178. The number of nitrogens with zero attached hydrogens (tertiary/aromatic N) is 1. The maximum Gasteiger partial charge on any atom is 0.312 e. The molecule has 0 aliphatic carbocycles. The Morgan fingerprint density at radius 1 is 1.38 bits per heavy atom. The van der Waals surface area contributed by atoms with Crippen molar-refractivity contribution in [2.45, 2.75) is 25.1 Å². The van der Waals surface area contributed by atoms with Crippen LogP contribution in [-0.4, -0.2) is 46.5 Å². The van der Waals surface area contributed by atoms with Gasteiger partial charge in [0.2, 0.25) is 5.79 Å². The molecule has 0 spiro atoms. The number of hydrogen-bond donors (Lipinski definition) is 2. The molecule has 0 amide bonds. The Morgan fingerprint density at radius 2 is 1.92 bits per heavy atom. The van der Waals surface area contributed by atoms with Gasteiger partial charge in [-0.2, -0.15) is 8.78 Å². The van der Waals surface area contributed by atoms with E-state index in [0.29, 0.717) is 13.1 Å². The number of hydrogen-bond acceptors (Lipinski definition) is 3. The first kappa shape index (κ1) is 13.0. The molecule has 1 aliphatic heterocycles. The van der Waals surface area contributed by atoms with Gasteiger partial charge in [0.05, 0.1) is 6.54 Å². The molecule has 13 heavy (non-hydrogen) atoms. The number of likely N-dealkylation sites (tertiary alicyclic amines) is 1. The Kier molecular flexibility index (Phi) is 4.05. The second-order valence-corrected chi connectivity index (χ2v) is 3.14. The molecule has 80 valence electrons. The Hall–Kier alpha value is 0.0300. The van der Waals surface area contributed by atoms with Crippen LogP contribution in [-0.2, 0) is 0 Å². The van der Waals surface area contributed by atoms with Gasteiger partial charge < -0.3 is 10.2 Å². The second-order valence-electron chi connectivity index (χ2n) is 3.14. The van der Waals surface area contributed by atoms with Gasteiger partial charge in [0, 0.05) is 13.0 Å². The molecule has 0 radical (unpaired) electrons. The smallest absolute Gasteiger partial charge is 0.312 e. The monoisotopic (exact) mass is 217 g/mol. The van der Waals surface area contributed by atoms with Crippen molar-refractivity contribution in [1.29, 1.82) is 0 Å². The predicted molar refractivity (Wildman–Crippen MR) is 46.1 cm³/mol. The van der Waals surface area contributed by atoms with Crippen molar-refractivity contribution in [3.8, 4) is 0 Å². The average Bonchev–Trinajstić information content (AvgIpc) is 1.95. The standard InChI is InChI=1S/C7H13F2NO2.ClH/c1-2-10-4-3-7(11,12)6(8,9)5-10;/h11-12H,2-5H2,1H3;1H. The molecule has 0 aromatic carbocycles. The van der Waals surface area contributed by atoms with Gasteiger partial charge in [-0.05, 0) is 6.54 Å². The van der Waals surface area contributed by atoms with E-state index in [1.165, 1.54) is 4.90 Å². The van der Waals surface area contributed by atoms with Gasteiger partial charge in [0.25, 0.3) is 0 Å². The molecule has 0 bridgehead atoms. The second kappa shape index (κ2) is 4.04. The van der Waals surface area contributed by atoms with Crippen LogP contribution in [0.3, 0.4) is 0 Å². The third kappa shape index (κ3) is 2.49. The quantitative estimate of drug-likeness (QED) is 0.627. The molecule has 0 aromatic rings. The Morgan fingerprint density at radius 3 is 2.31 bits per heavy atom. The van der Waals surface area contributed by atoms with Crippen molar-refractivity contribution < 1.29 is 19.0 Å². The lowest BCUT2D eigenvalue weighted by Gasteiger charge is -2.40. The van der Waals surface area contributed by atoms with Gasteiger partial charge in [-0.1, -0.05) is 6.92 Å². The third-order valence-corrected chi connectivity index (χ3v) is 2.23. The summed E-state index contributed by atoms with van der Waals surface area (Å²) >= 11 is 0. The highest BCUT2D eigenvalue weighted by Crippen LogP contribution is 2.34. The van der Waals surface area contributed by atoms with Gasteiger partial charge in [-0.25, -0.2) is 0 Å². The first-order valence-corrected chi connectivity index (χ1v) is 3.94. The van der Waals surface area contributed by atoms with Crippen LogP contribution in [0, 0.1) is 0 Å². The molecule has 0 saturated carbocycles. The largest absolute Gasteiger partial charge is 0.361 e. The van der Waals surface area contributed by atoms with E-state index >= 15 is 0 Å². The summed E-state index contributed by atoms with van der Waals surface area (Å²) in [4.78, 5) is 1.49. The van der Waals surface area contributed by atoms with Crippen molar-refractivity contribution in [3.63, 3.8) is 0 Å². The minimum atomic E-state index is -3.42. The van der Waals surface area contributed by atoms with Crippen LogP contribution in [0.4, 0.5) is 8.78 Å². The molecule has 1 rings (SSSR count). The van der Waals surface area contributed by atoms with Crippen LogP contribution in [0.5, 0.6) is 0 Å². The topological polar surface area (TPSA) is 43.7 Å². The summed E-state index contributed by atoms with van der Waals surface area (Å²) in [6.07, 6.45) is -0.298. The van der Waals surface area contributed by atoms with Crippen LogP contribution < -0.4 is 0 Å². The molecular weight excluding hydrogens is 204 g/mol. The van der Waals surface area contributed by atoms with Crippen LogP contribution in [0.2, 0.25) is 0 Å². The molecule has 3 nitrogen and oxygen atoms in total. The first-order valence-electron chi connectivity index (χ1n) is 3.94.